The van der Waals surface area contributed by atoms with Crippen LogP contribution in [0.25, 0.3) is 0 Å². The predicted molar refractivity (Wildman–Crippen MR) is 119 cm³/mol. The van der Waals surface area contributed by atoms with Crippen LogP contribution in [0.5, 0.6) is 0 Å². The fourth-order valence-electron chi connectivity index (χ4n) is 4.43. The maximum atomic E-state index is 13.1. The van der Waals surface area contributed by atoms with E-state index in [-0.39, 0.29) is 41.2 Å². The second kappa shape index (κ2) is 9.58. The number of amides is 2. The molecule has 0 unspecified atom stereocenters. The van der Waals surface area contributed by atoms with Crippen molar-refractivity contribution in [2.75, 3.05) is 38.2 Å². The Labute approximate surface area is 189 Å². The Bertz CT molecular complexity index is 1000. The first kappa shape index (κ1) is 24.2. The monoisotopic (exact) mass is 465 g/mol. The lowest BCUT2D eigenvalue weighted by Gasteiger charge is -2.32. The van der Waals surface area contributed by atoms with E-state index in [4.69, 9.17) is 4.74 Å². The van der Waals surface area contributed by atoms with Crippen LogP contribution in [-0.2, 0) is 35.6 Å². The van der Waals surface area contributed by atoms with Crippen molar-refractivity contribution in [2.24, 2.45) is 5.92 Å². The summed E-state index contributed by atoms with van der Waals surface area (Å²) in [4.78, 5) is 39.8. The van der Waals surface area contributed by atoms with Crippen molar-refractivity contribution in [2.45, 2.75) is 51.0 Å². The highest BCUT2D eigenvalue weighted by molar-refractivity contribution is 7.89. The molecule has 1 saturated heterocycles. The number of sulfonamides is 1. The van der Waals surface area contributed by atoms with Crippen LogP contribution >= 0.6 is 0 Å². The molecule has 176 valence electrons. The number of carbonyl (C=O) groups excluding carboxylic acids is 3. The Kier molecular flexibility index (Phi) is 7.24. The highest BCUT2D eigenvalue weighted by atomic mass is 32.2. The Morgan fingerprint density at radius 1 is 1.19 bits per heavy atom. The van der Waals surface area contributed by atoms with Crippen molar-refractivity contribution in [3.63, 3.8) is 0 Å². The van der Waals surface area contributed by atoms with Crippen LogP contribution in [0.1, 0.15) is 39.2 Å². The molecule has 2 heterocycles. The molecule has 2 aliphatic rings. The summed E-state index contributed by atoms with van der Waals surface area (Å²) in [6.45, 7) is 6.01. The number of fused-ring (bicyclic) bond motifs is 1. The minimum atomic E-state index is -3.87. The Hall–Kier alpha value is -2.46. The lowest BCUT2D eigenvalue weighted by molar-refractivity contribution is -0.151. The molecule has 0 bridgehead atoms. The summed E-state index contributed by atoms with van der Waals surface area (Å²) < 4.78 is 32.2. The highest BCUT2D eigenvalue weighted by Gasteiger charge is 2.33. The molecule has 3 rings (SSSR count). The van der Waals surface area contributed by atoms with Crippen LogP contribution in [0.4, 0.5) is 5.69 Å². The third kappa shape index (κ3) is 4.80. The number of likely N-dealkylation sites (N-methyl/N-ethyl adjacent to an activating group) is 1. The van der Waals surface area contributed by atoms with Crippen molar-refractivity contribution in [1.82, 2.24) is 9.21 Å². The molecule has 0 spiro atoms. The summed E-state index contributed by atoms with van der Waals surface area (Å²) in [5.41, 5.74) is 1.53. The number of rotatable bonds is 6. The summed E-state index contributed by atoms with van der Waals surface area (Å²) in [7, 11) is -2.49. The molecule has 1 fully saturated rings. The van der Waals surface area contributed by atoms with Gasteiger partial charge in [-0.15, -0.1) is 0 Å². The number of piperidine rings is 1. The molecular weight excluding hydrogens is 434 g/mol. The number of likely N-dealkylation sites (tertiary alicyclic amines) is 1. The van der Waals surface area contributed by atoms with Crippen molar-refractivity contribution < 1.29 is 27.5 Å². The van der Waals surface area contributed by atoms with Crippen LogP contribution in [0.15, 0.2) is 23.1 Å². The maximum Gasteiger partial charge on any atom is 0.309 e. The molecule has 2 amide bonds. The van der Waals surface area contributed by atoms with Gasteiger partial charge in [-0.2, -0.15) is 4.31 Å². The van der Waals surface area contributed by atoms with Gasteiger partial charge < -0.3 is 14.5 Å². The Balaban J connectivity index is 1.65. The topological polar surface area (TPSA) is 104 Å². The number of anilines is 1. The van der Waals surface area contributed by atoms with E-state index in [0.29, 0.717) is 39.0 Å². The molecule has 0 radical (unpaired) electrons. The molecule has 0 saturated carbocycles. The van der Waals surface area contributed by atoms with E-state index in [1.165, 1.54) is 20.0 Å². The van der Waals surface area contributed by atoms with E-state index in [2.05, 4.69) is 0 Å². The first-order valence-corrected chi connectivity index (χ1v) is 12.3. The largest absolute Gasteiger partial charge is 0.466 e. The van der Waals surface area contributed by atoms with Gasteiger partial charge in [0.15, 0.2) is 0 Å². The number of carbonyl (C=O) groups is 3. The molecule has 32 heavy (non-hydrogen) atoms. The van der Waals surface area contributed by atoms with Crippen molar-refractivity contribution >= 4 is 33.5 Å². The summed E-state index contributed by atoms with van der Waals surface area (Å²) >= 11 is 0. The Morgan fingerprint density at radius 2 is 1.84 bits per heavy atom. The molecule has 1 atom stereocenters. The third-order valence-corrected chi connectivity index (χ3v) is 7.94. The predicted octanol–water partition coefficient (Wildman–Crippen LogP) is 1.41. The molecule has 0 aliphatic carbocycles. The fraction of sp³-hybridized carbons (Fsp3) is 0.591. The SMILES string of the molecule is CCOC(=O)C1CCN(C(=O)CN(C)S(=O)(=O)c2ccc3c(c2)C[C@H](C)N3C(C)=O)CC1. The zero-order valence-electron chi connectivity index (χ0n) is 19.0. The molecule has 1 aromatic rings. The van der Waals surface area contributed by atoms with E-state index in [9.17, 15) is 22.8 Å². The molecule has 1 aromatic carbocycles. The van der Waals surface area contributed by atoms with E-state index in [1.54, 1.807) is 28.9 Å². The molecule has 2 aliphatic heterocycles. The average molecular weight is 466 g/mol. The van der Waals surface area contributed by atoms with Crippen LogP contribution in [0.2, 0.25) is 0 Å². The first-order chi connectivity index (χ1) is 15.1. The van der Waals surface area contributed by atoms with Gasteiger partial charge in [0.2, 0.25) is 21.8 Å². The standard InChI is InChI=1S/C22H31N3O6S/c1-5-31-22(28)17-8-10-24(11-9-17)21(27)14-23(4)32(29,30)19-6-7-20-18(13-19)12-15(2)25(20)16(3)26/h6-7,13,15,17H,5,8-12,14H2,1-4H3/t15-/m0/s1. The van der Waals surface area contributed by atoms with Gasteiger partial charge in [0.05, 0.1) is 24.0 Å². The smallest absolute Gasteiger partial charge is 0.309 e. The molecule has 10 heteroatoms. The maximum absolute atomic E-state index is 13.1. The van der Waals surface area contributed by atoms with E-state index >= 15 is 0 Å². The zero-order chi connectivity index (χ0) is 23.6. The van der Waals surface area contributed by atoms with Gasteiger partial charge in [-0.1, -0.05) is 0 Å². The van der Waals surface area contributed by atoms with E-state index in [1.807, 2.05) is 6.92 Å². The summed E-state index contributed by atoms with van der Waals surface area (Å²) in [5.74, 6) is -0.838. The summed E-state index contributed by atoms with van der Waals surface area (Å²) in [6.07, 6.45) is 1.60. The first-order valence-electron chi connectivity index (χ1n) is 10.9. The van der Waals surface area contributed by atoms with Crippen molar-refractivity contribution in [3.8, 4) is 0 Å². The normalized spacial score (nSPS) is 19.2. The number of esters is 1. The van der Waals surface area contributed by atoms with Crippen LogP contribution in [0, 0.1) is 5.92 Å². The van der Waals surface area contributed by atoms with Crippen LogP contribution in [-0.4, -0.2) is 74.7 Å². The molecule has 0 N–H and O–H groups in total. The Morgan fingerprint density at radius 3 is 2.44 bits per heavy atom. The minimum Gasteiger partial charge on any atom is -0.466 e. The summed E-state index contributed by atoms with van der Waals surface area (Å²) in [5, 5.41) is 0. The van der Waals surface area contributed by atoms with Crippen molar-refractivity contribution in [3.05, 3.63) is 23.8 Å². The second-order valence-electron chi connectivity index (χ2n) is 8.40. The van der Waals surface area contributed by atoms with Gasteiger partial charge in [-0.05, 0) is 56.9 Å². The van der Waals surface area contributed by atoms with Gasteiger partial charge in [0.1, 0.15) is 0 Å². The van der Waals surface area contributed by atoms with Gasteiger partial charge in [-0.25, -0.2) is 8.42 Å². The fourth-order valence-corrected chi connectivity index (χ4v) is 5.60. The van der Waals surface area contributed by atoms with Crippen LogP contribution < -0.4 is 4.90 Å². The minimum absolute atomic E-state index is 0.0303. The third-order valence-electron chi connectivity index (χ3n) is 6.14. The lowest BCUT2D eigenvalue weighted by Crippen LogP contribution is -2.45. The number of hydrogen-bond acceptors (Lipinski definition) is 6. The highest BCUT2D eigenvalue weighted by Crippen LogP contribution is 2.34. The van der Waals surface area contributed by atoms with Gasteiger partial charge in [0, 0.05) is 38.8 Å². The molecule has 0 aromatic heterocycles. The number of benzene rings is 1. The van der Waals surface area contributed by atoms with Gasteiger partial charge >= 0.3 is 5.97 Å². The molecular formula is C22H31N3O6S. The number of hydrogen-bond donors (Lipinski definition) is 0. The zero-order valence-corrected chi connectivity index (χ0v) is 19.9. The van der Waals surface area contributed by atoms with E-state index < -0.39 is 10.0 Å². The van der Waals surface area contributed by atoms with Crippen LogP contribution in [0.3, 0.4) is 0 Å². The number of ether oxygens (including phenoxy) is 1. The summed E-state index contributed by atoms with van der Waals surface area (Å²) in [6, 6.07) is 4.70. The quantitative estimate of drug-likeness (QED) is 0.589. The van der Waals surface area contributed by atoms with Gasteiger partial charge in [0.25, 0.3) is 0 Å². The number of nitrogens with zero attached hydrogens (tertiary/aromatic N) is 3. The average Bonchev–Trinajstić information content (AvgIpc) is 3.08. The second-order valence-corrected chi connectivity index (χ2v) is 10.4. The molecule has 9 nitrogen and oxygen atoms in total. The lowest BCUT2D eigenvalue weighted by atomic mass is 9.97. The van der Waals surface area contributed by atoms with Crippen molar-refractivity contribution in [1.29, 1.82) is 0 Å². The van der Waals surface area contributed by atoms with E-state index in [0.717, 1.165) is 15.6 Å². The van der Waals surface area contributed by atoms with Gasteiger partial charge in [-0.3, -0.25) is 14.4 Å².